The van der Waals surface area contributed by atoms with E-state index < -0.39 is 17.2 Å². The summed E-state index contributed by atoms with van der Waals surface area (Å²) in [6.45, 7) is 0.445. The maximum atomic E-state index is 12.9. The average molecular weight is 402 g/mol. The Morgan fingerprint density at radius 3 is 2.50 bits per heavy atom. The summed E-state index contributed by atoms with van der Waals surface area (Å²) >= 11 is 0. The molecular weight excluding hydrogens is 384 g/mol. The number of rotatable bonds is 5. The van der Waals surface area contributed by atoms with Gasteiger partial charge in [-0.25, -0.2) is 9.59 Å². The molecule has 0 amide bonds. The van der Waals surface area contributed by atoms with Gasteiger partial charge in [0.25, 0.3) is 5.56 Å². The van der Waals surface area contributed by atoms with Crippen LogP contribution in [0.5, 0.6) is 0 Å². The standard InChI is InChI=1S/C22H18N4O4/c1-30-21(28)16-9-7-15(8-10-16)13-25-12-4-6-18-19(25)24-22(29)26(20(18)27)14-17-5-2-3-11-23-17/h2-12H,13-14H2,1H3. The molecule has 0 N–H and O–H groups in total. The highest BCUT2D eigenvalue weighted by Crippen LogP contribution is 2.16. The molecule has 0 bridgehead atoms. The van der Waals surface area contributed by atoms with Crippen molar-refractivity contribution in [3.8, 4) is 11.4 Å². The van der Waals surface area contributed by atoms with E-state index in [2.05, 4.69) is 9.97 Å². The van der Waals surface area contributed by atoms with Crippen LogP contribution in [0.25, 0.3) is 11.4 Å². The molecule has 1 aromatic heterocycles. The Labute approximate surface area is 171 Å². The molecule has 0 aliphatic carbocycles. The second-order valence-corrected chi connectivity index (χ2v) is 6.67. The highest BCUT2D eigenvalue weighted by Gasteiger charge is 2.17. The van der Waals surface area contributed by atoms with E-state index in [4.69, 9.17) is 4.74 Å². The van der Waals surface area contributed by atoms with E-state index in [-0.39, 0.29) is 6.54 Å². The Bertz CT molecular complexity index is 1280. The lowest BCUT2D eigenvalue weighted by atomic mass is 10.1. The minimum absolute atomic E-state index is 0.0608. The fourth-order valence-corrected chi connectivity index (χ4v) is 3.20. The van der Waals surface area contributed by atoms with Gasteiger partial charge in [0.2, 0.25) is 0 Å². The molecule has 150 valence electrons. The molecule has 2 aromatic rings. The summed E-state index contributed by atoms with van der Waals surface area (Å²) in [6.07, 6.45) is 3.37. The first-order valence-electron chi connectivity index (χ1n) is 9.24. The summed E-state index contributed by atoms with van der Waals surface area (Å²) in [7, 11) is 1.33. The number of hydrogen-bond acceptors (Lipinski definition) is 6. The number of ether oxygens (including phenoxy) is 1. The van der Waals surface area contributed by atoms with E-state index in [0.717, 1.165) is 10.1 Å². The maximum absolute atomic E-state index is 12.9. The van der Waals surface area contributed by atoms with Crippen LogP contribution in [0.2, 0.25) is 0 Å². The second-order valence-electron chi connectivity index (χ2n) is 6.67. The van der Waals surface area contributed by atoms with Crippen molar-refractivity contribution in [2.24, 2.45) is 0 Å². The van der Waals surface area contributed by atoms with Gasteiger partial charge in [-0.15, -0.1) is 0 Å². The number of nitrogens with zero attached hydrogens (tertiary/aromatic N) is 4. The van der Waals surface area contributed by atoms with E-state index in [1.54, 1.807) is 71.6 Å². The van der Waals surface area contributed by atoms with Crippen LogP contribution < -0.4 is 11.2 Å². The molecule has 0 atom stereocenters. The smallest absolute Gasteiger partial charge is 0.352 e. The fourth-order valence-electron chi connectivity index (χ4n) is 3.20. The summed E-state index contributed by atoms with van der Waals surface area (Å²) < 4.78 is 7.52. The van der Waals surface area contributed by atoms with E-state index in [1.807, 2.05) is 0 Å². The summed E-state index contributed by atoms with van der Waals surface area (Å²) in [4.78, 5) is 45.4. The number of fused-ring (bicyclic) bond motifs is 1. The SMILES string of the molecule is COC(=O)c1ccc(Cn2cccc3c(=O)n(Cc4ccccn4)c(=O)nc2-3)cc1. The van der Waals surface area contributed by atoms with Gasteiger partial charge in [-0.1, -0.05) is 18.2 Å². The van der Waals surface area contributed by atoms with Gasteiger partial charge in [-0.3, -0.25) is 14.3 Å². The number of pyridine rings is 2. The molecule has 8 nitrogen and oxygen atoms in total. The lowest BCUT2D eigenvalue weighted by Crippen LogP contribution is -2.38. The van der Waals surface area contributed by atoms with Gasteiger partial charge in [0.1, 0.15) is 0 Å². The van der Waals surface area contributed by atoms with Crippen molar-refractivity contribution < 1.29 is 9.53 Å². The first-order valence-corrected chi connectivity index (χ1v) is 9.24. The zero-order valence-electron chi connectivity index (χ0n) is 16.2. The zero-order valence-corrected chi connectivity index (χ0v) is 16.2. The maximum Gasteiger partial charge on any atom is 0.352 e. The summed E-state index contributed by atoms with van der Waals surface area (Å²) in [5, 5.41) is 0. The third-order valence-electron chi connectivity index (χ3n) is 4.72. The van der Waals surface area contributed by atoms with Crippen molar-refractivity contribution in [1.29, 1.82) is 0 Å². The number of carbonyl (C=O) groups excluding carboxylic acids is 1. The largest absolute Gasteiger partial charge is 0.465 e. The molecule has 2 aliphatic rings. The summed E-state index contributed by atoms with van der Waals surface area (Å²) in [6, 6.07) is 15.6. The second kappa shape index (κ2) is 8.12. The van der Waals surface area contributed by atoms with Crippen molar-refractivity contribution >= 4 is 5.97 Å². The molecule has 4 rings (SSSR count). The minimum Gasteiger partial charge on any atom is -0.465 e. The molecule has 0 fully saturated rings. The molecule has 0 saturated carbocycles. The number of carbonyl (C=O) groups is 1. The quantitative estimate of drug-likeness (QED) is 0.472. The van der Waals surface area contributed by atoms with Crippen LogP contribution >= 0.6 is 0 Å². The van der Waals surface area contributed by atoms with Gasteiger partial charge in [-0.05, 0) is 42.0 Å². The highest BCUT2D eigenvalue weighted by molar-refractivity contribution is 5.89. The molecule has 0 radical (unpaired) electrons. The van der Waals surface area contributed by atoms with Gasteiger partial charge < -0.3 is 9.30 Å². The highest BCUT2D eigenvalue weighted by atomic mass is 16.5. The Morgan fingerprint density at radius 2 is 1.80 bits per heavy atom. The van der Waals surface area contributed by atoms with Crippen LogP contribution in [-0.4, -0.2) is 32.2 Å². The predicted octanol–water partition coefficient (Wildman–Crippen LogP) is 1.79. The first-order chi connectivity index (χ1) is 14.6. The number of esters is 1. The monoisotopic (exact) mass is 402 g/mol. The van der Waals surface area contributed by atoms with Crippen LogP contribution in [0.1, 0.15) is 21.6 Å². The van der Waals surface area contributed by atoms with Gasteiger partial charge in [0.15, 0.2) is 5.82 Å². The number of hydrogen-bond donors (Lipinski definition) is 0. The Balaban J connectivity index is 1.70. The van der Waals surface area contributed by atoms with Gasteiger partial charge >= 0.3 is 11.7 Å². The van der Waals surface area contributed by atoms with E-state index >= 15 is 0 Å². The number of aromatic nitrogens is 4. The normalized spacial score (nSPS) is 10.8. The van der Waals surface area contributed by atoms with E-state index in [9.17, 15) is 14.4 Å². The number of benzene rings is 1. The van der Waals surface area contributed by atoms with Crippen molar-refractivity contribution in [1.82, 2.24) is 19.1 Å². The molecule has 0 unspecified atom stereocenters. The van der Waals surface area contributed by atoms with E-state index in [0.29, 0.717) is 29.2 Å². The van der Waals surface area contributed by atoms with Gasteiger partial charge in [0.05, 0.1) is 30.5 Å². The predicted molar refractivity (Wildman–Crippen MR) is 110 cm³/mol. The van der Waals surface area contributed by atoms with Crippen molar-refractivity contribution in [2.45, 2.75) is 13.1 Å². The molecule has 0 spiro atoms. The van der Waals surface area contributed by atoms with Crippen molar-refractivity contribution in [3.63, 3.8) is 0 Å². The molecule has 2 aliphatic heterocycles. The first kappa shape index (κ1) is 19.3. The number of methoxy groups -OCH3 is 1. The van der Waals surface area contributed by atoms with E-state index in [1.165, 1.54) is 7.11 Å². The lowest BCUT2D eigenvalue weighted by Gasteiger charge is -2.15. The zero-order chi connectivity index (χ0) is 21.1. The average Bonchev–Trinajstić information content (AvgIpc) is 2.78. The third-order valence-corrected chi connectivity index (χ3v) is 4.72. The Hall–Kier alpha value is -4.07. The molecule has 0 saturated heterocycles. The van der Waals surface area contributed by atoms with Crippen molar-refractivity contribution in [2.75, 3.05) is 7.11 Å². The van der Waals surface area contributed by atoms with Gasteiger partial charge in [0, 0.05) is 18.9 Å². The topological polar surface area (TPSA) is 96.1 Å². The Kier molecular flexibility index (Phi) is 5.21. The van der Waals surface area contributed by atoms with Crippen LogP contribution in [-0.2, 0) is 17.8 Å². The van der Waals surface area contributed by atoms with Gasteiger partial charge in [-0.2, -0.15) is 4.98 Å². The molecule has 3 heterocycles. The Morgan fingerprint density at radius 1 is 1.00 bits per heavy atom. The molecular formula is C22H18N4O4. The minimum atomic E-state index is -0.626. The summed E-state index contributed by atoms with van der Waals surface area (Å²) in [5.41, 5.74) is 1.24. The fraction of sp³-hybridized carbons (Fsp3) is 0.136. The molecule has 30 heavy (non-hydrogen) atoms. The third kappa shape index (κ3) is 3.75. The van der Waals surface area contributed by atoms with Crippen LogP contribution in [0.3, 0.4) is 0 Å². The summed E-state index contributed by atoms with van der Waals surface area (Å²) in [5.74, 6) is -0.104. The molecule has 1 aromatic carbocycles. The van der Waals surface area contributed by atoms with Crippen LogP contribution in [0, 0.1) is 0 Å². The molecule has 8 heteroatoms. The van der Waals surface area contributed by atoms with Crippen LogP contribution in [0.4, 0.5) is 0 Å². The van der Waals surface area contributed by atoms with Crippen molar-refractivity contribution in [3.05, 3.63) is 105 Å². The van der Waals surface area contributed by atoms with Crippen LogP contribution in [0.15, 0.2) is 76.6 Å². The lowest BCUT2D eigenvalue weighted by molar-refractivity contribution is 0.0600.